The van der Waals surface area contributed by atoms with Crippen molar-refractivity contribution >= 4 is 17.3 Å². The lowest BCUT2D eigenvalue weighted by molar-refractivity contribution is -0.152. The molecule has 0 atom stereocenters. The van der Waals surface area contributed by atoms with Gasteiger partial charge in [0.2, 0.25) is 5.91 Å². The van der Waals surface area contributed by atoms with Crippen molar-refractivity contribution in [3.05, 3.63) is 40.1 Å². The summed E-state index contributed by atoms with van der Waals surface area (Å²) in [5.74, 6) is 6.34. The van der Waals surface area contributed by atoms with E-state index < -0.39 is 0 Å². The lowest BCUT2D eigenvalue weighted by Crippen LogP contribution is -2.50. The molecule has 2 saturated heterocycles. The van der Waals surface area contributed by atoms with Crippen LogP contribution in [0.2, 0.25) is 0 Å². The van der Waals surface area contributed by atoms with Crippen LogP contribution in [0.3, 0.4) is 0 Å². The summed E-state index contributed by atoms with van der Waals surface area (Å²) >= 11 is 0. The Morgan fingerprint density at radius 2 is 1.80 bits per heavy atom. The molecule has 2 aliphatic heterocycles. The Balaban J connectivity index is 1.55. The molecule has 5 heteroatoms. The number of allylic oxidation sites excluding steroid dienone is 2. The SMILES string of the molecule is CC#Cc1cc(C)c(C2=C(O)CC3(CCN(C(=O)C4COC4)CC3)CC2=O)c(C)c1. The summed E-state index contributed by atoms with van der Waals surface area (Å²) in [4.78, 5) is 27.6. The highest BCUT2D eigenvalue weighted by atomic mass is 16.5. The fourth-order valence-corrected chi connectivity index (χ4v) is 5.15. The van der Waals surface area contributed by atoms with Gasteiger partial charge in [-0.1, -0.05) is 5.92 Å². The number of hydrogen-bond donors (Lipinski definition) is 1. The molecule has 2 fully saturated rings. The Hall–Kier alpha value is -2.58. The van der Waals surface area contributed by atoms with Crippen LogP contribution < -0.4 is 0 Å². The normalized spacial score (nSPS) is 21.3. The van der Waals surface area contributed by atoms with Crippen molar-refractivity contribution in [2.24, 2.45) is 11.3 Å². The number of carbonyl (C=O) groups is 2. The maximum Gasteiger partial charge on any atom is 0.230 e. The third-order valence-electron chi connectivity index (χ3n) is 6.82. The number of piperidine rings is 1. The number of ketones is 1. The molecule has 0 aromatic heterocycles. The first kappa shape index (κ1) is 20.7. The van der Waals surface area contributed by atoms with Crippen molar-refractivity contribution in [2.45, 2.75) is 46.5 Å². The number of benzene rings is 1. The first-order valence-corrected chi connectivity index (χ1v) is 10.7. The molecule has 0 radical (unpaired) electrons. The largest absolute Gasteiger partial charge is 0.512 e. The minimum Gasteiger partial charge on any atom is -0.512 e. The Kier molecular flexibility index (Phi) is 5.46. The summed E-state index contributed by atoms with van der Waals surface area (Å²) in [6.07, 6.45) is 2.42. The second-order valence-electron chi connectivity index (χ2n) is 9.02. The van der Waals surface area contributed by atoms with Gasteiger partial charge in [0.25, 0.3) is 0 Å². The van der Waals surface area contributed by atoms with Gasteiger partial charge in [0.1, 0.15) is 5.76 Å². The summed E-state index contributed by atoms with van der Waals surface area (Å²) in [7, 11) is 0. The molecule has 1 amide bonds. The molecule has 1 aromatic carbocycles. The first-order valence-electron chi connectivity index (χ1n) is 10.7. The van der Waals surface area contributed by atoms with E-state index in [2.05, 4.69) is 11.8 Å². The molecule has 2 heterocycles. The van der Waals surface area contributed by atoms with E-state index in [1.807, 2.05) is 30.9 Å². The van der Waals surface area contributed by atoms with Gasteiger partial charge in [0.05, 0.1) is 24.7 Å². The number of ether oxygens (including phenoxy) is 1. The minimum absolute atomic E-state index is 0.00161. The average Bonchev–Trinajstić information content (AvgIpc) is 2.62. The number of carbonyl (C=O) groups excluding carboxylic acids is 2. The lowest BCUT2D eigenvalue weighted by atomic mass is 9.66. The molecular formula is C25H29NO4. The van der Waals surface area contributed by atoms with E-state index in [1.165, 1.54) is 0 Å². The Bertz CT molecular complexity index is 959. The highest BCUT2D eigenvalue weighted by Crippen LogP contribution is 2.47. The number of aryl methyl sites for hydroxylation is 2. The standard InChI is InChI=1S/C25H29NO4/c1-4-5-18-10-16(2)22(17(3)11-18)23-20(27)12-25(13-21(23)28)6-8-26(9-7-25)24(29)19-14-30-15-19/h10-11,19,27H,6-9,12-15H2,1-3H3. The summed E-state index contributed by atoms with van der Waals surface area (Å²) < 4.78 is 5.14. The fraction of sp³-hybridized carbons (Fsp3) is 0.520. The van der Waals surface area contributed by atoms with Crippen LogP contribution in [0.15, 0.2) is 17.9 Å². The van der Waals surface area contributed by atoms with Crippen LogP contribution in [0.4, 0.5) is 0 Å². The zero-order valence-corrected chi connectivity index (χ0v) is 18.0. The van der Waals surface area contributed by atoms with Gasteiger partial charge in [0, 0.05) is 31.5 Å². The second-order valence-corrected chi connectivity index (χ2v) is 9.02. The lowest BCUT2D eigenvalue weighted by Gasteiger charge is -2.45. The molecule has 30 heavy (non-hydrogen) atoms. The molecule has 158 valence electrons. The molecule has 1 spiro atoms. The Labute approximate surface area is 178 Å². The first-order chi connectivity index (χ1) is 14.3. The number of rotatable bonds is 2. The fourth-order valence-electron chi connectivity index (χ4n) is 5.15. The van der Waals surface area contributed by atoms with E-state index >= 15 is 0 Å². The average molecular weight is 408 g/mol. The molecule has 0 unspecified atom stereocenters. The second kappa shape index (κ2) is 7.92. The summed E-state index contributed by atoms with van der Waals surface area (Å²) in [5.41, 5.74) is 3.91. The Morgan fingerprint density at radius 1 is 1.17 bits per heavy atom. The van der Waals surface area contributed by atoms with Gasteiger partial charge in [-0.3, -0.25) is 9.59 Å². The van der Waals surface area contributed by atoms with Crippen LogP contribution in [0, 0.1) is 37.0 Å². The number of aliphatic hydroxyl groups excluding tert-OH is 1. The van der Waals surface area contributed by atoms with Gasteiger partial charge in [0.15, 0.2) is 5.78 Å². The smallest absolute Gasteiger partial charge is 0.230 e. The van der Waals surface area contributed by atoms with Crippen molar-refractivity contribution in [1.29, 1.82) is 0 Å². The summed E-state index contributed by atoms with van der Waals surface area (Å²) in [6, 6.07) is 3.95. The van der Waals surface area contributed by atoms with Crippen LogP contribution in [-0.2, 0) is 14.3 Å². The maximum absolute atomic E-state index is 13.2. The predicted octanol–water partition coefficient (Wildman–Crippen LogP) is 3.56. The van der Waals surface area contributed by atoms with Crippen LogP contribution in [0.1, 0.15) is 54.9 Å². The molecule has 1 aliphatic carbocycles. The van der Waals surface area contributed by atoms with E-state index in [9.17, 15) is 14.7 Å². The van der Waals surface area contributed by atoms with Crippen LogP contribution >= 0.6 is 0 Å². The Morgan fingerprint density at radius 3 is 2.30 bits per heavy atom. The van der Waals surface area contributed by atoms with Crippen molar-refractivity contribution < 1.29 is 19.4 Å². The van der Waals surface area contributed by atoms with Gasteiger partial charge in [-0.05, 0) is 67.9 Å². The summed E-state index contributed by atoms with van der Waals surface area (Å²) in [5, 5.41) is 11.0. The molecule has 0 bridgehead atoms. The topological polar surface area (TPSA) is 66.8 Å². The highest BCUT2D eigenvalue weighted by molar-refractivity contribution is 6.23. The zero-order chi connectivity index (χ0) is 21.5. The van der Waals surface area contributed by atoms with Gasteiger partial charge in [-0.2, -0.15) is 0 Å². The van der Waals surface area contributed by atoms with Crippen molar-refractivity contribution in [3.63, 3.8) is 0 Å². The number of hydrogen-bond acceptors (Lipinski definition) is 4. The third kappa shape index (κ3) is 3.65. The molecule has 5 nitrogen and oxygen atoms in total. The van der Waals surface area contributed by atoms with E-state index in [4.69, 9.17) is 4.74 Å². The van der Waals surface area contributed by atoms with Gasteiger partial charge >= 0.3 is 0 Å². The monoisotopic (exact) mass is 407 g/mol. The van der Waals surface area contributed by atoms with E-state index in [-0.39, 0.29) is 28.8 Å². The summed E-state index contributed by atoms with van der Waals surface area (Å²) in [6.45, 7) is 8.07. The van der Waals surface area contributed by atoms with Gasteiger partial charge < -0.3 is 14.7 Å². The highest BCUT2D eigenvalue weighted by Gasteiger charge is 2.44. The van der Waals surface area contributed by atoms with Crippen LogP contribution in [-0.4, -0.2) is 48.0 Å². The quantitative estimate of drug-likeness (QED) is 0.762. The van der Waals surface area contributed by atoms with E-state index in [1.54, 1.807) is 6.92 Å². The van der Waals surface area contributed by atoms with Crippen molar-refractivity contribution in [2.75, 3.05) is 26.3 Å². The van der Waals surface area contributed by atoms with Crippen LogP contribution in [0.5, 0.6) is 0 Å². The van der Waals surface area contributed by atoms with Crippen LogP contribution in [0.25, 0.3) is 5.57 Å². The molecule has 4 rings (SSSR count). The minimum atomic E-state index is -0.243. The molecule has 0 saturated carbocycles. The number of aliphatic hydroxyl groups is 1. The molecule has 3 aliphatic rings. The number of nitrogens with zero attached hydrogens (tertiary/aromatic N) is 1. The molecular weight excluding hydrogens is 378 g/mol. The maximum atomic E-state index is 13.2. The van der Waals surface area contributed by atoms with Gasteiger partial charge in [-0.25, -0.2) is 0 Å². The van der Waals surface area contributed by atoms with Crippen molar-refractivity contribution in [1.82, 2.24) is 4.90 Å². The predicted molar refractivity (Wildman–Crippen MR) is 115 cm³/mol. The third-order valence-corrected chi connectivity index (χ3v) is 6.82. The number of Topliss-reactive ketones (excluding diaryl/α,β-unsaturated/α-hetero) is 1. The number of likely N-dealkylation sites (tertiary alicyclic amines) is 1. The zero-order valence-electron chi connectivity index (χ0n) is 18.0. The van der Waals surface area contributed by atoms with E-state index in [0.29, 0.717) is 44.7 Å². The van der Waals surface area contributed by atoms with E-state index in [0.717, 1.165) is 35.1 Å². The van der Waals surface area contributed by atoms with Crippen molar-refractivity contribution in [3.8, 4) is 11.8 Å². The molecule has 1 N–H and O–H groups in total. The van der Waals surface area contributed by atoms with Gasteiger partial charge in [-0.15, -0.1) is 5.92 Å². The molecule has 1 aromatic rings. The number of amides is 1.